The molecule has 22 heavy (non-hydrogen) atoms. The number of hydrogen-bond acceptors (Lipinski definition) is 3. The number of amides is 1. The van der Waals surface area contributed by atoms with E-state index in [2.05, 4.69) is 22.2 Å². The first-order chi connectivity index (χ1) is 10.7. The lowest BCUT2D eigenvalue weighted by Crippen LogP contribution is -2.43. The minimum atomic E-state index is 0.0206. The second-order valence-corrected chi connectivity index (χ2v) is 5.87. The predicted octanol–water partition coefficient (Wildman–Crippen LogP) is 2.57. The van der Waals surface area contributed by atoms with Crippen LogP contribution in [0.25, 0.3) is 11.1 Å². The van der Waals surface area contributed by atoms with Crippen molar-refractivity contribution in [3.05, 3.63) is 54.4 Å². The number of nitrogens with zero attached hydrogens (tertiary/aromatic N) is 2. The van der Waals surface area contributed by atoms with E-state index >= 15 is 0 Å². The number of carbonyl (C=O) groups excluding carboxylic acids is 1. The van der Waals surface area contributed by atoms with Crippen LogP contribution in [-0.4, -0.2) is 42.0 Å². The molecule has 1 N–H and O–H groups in total. The zero-order valence-corrected chi connectivity index (χ0v) is 12.8. The molecule has 2 aromatic rings. The second-order valence-electron chi connectivity index (χ2n) is 5.87. The highest BCUT2D eigenvalue weighted by atomic mass is 16.1. The van der Waals surface area contributed by atoms with Crippen LogP contribution in [-0.2, 0) is 0 Å². The van der Waals surface area contributed by atoms with E-state index in [1.165, 1.54) is 0 Å². The van der Waals surface area contributed by atoms with E-state index in [9.17, 15) is 4.79 Å². The summed E-state index contributed by atoms with van der Waals surface area (Å²) in [5.74, 6) is 0.0206. The van der Waals surface area contributed by atoms with Crippen molar-refractivity contribution < 1.29 is 4.79 Å². The van der Waals surface area contributed by atoms with E-state index < -0.39 is 0 Å². The Balaban J connectivity index is 1.64. The SMILES string of the molecule is CN1CCC(NC(=O)c2ccc(-c3cccnc3)cc2)CC1. The summed E-state index contributed by atoms with van der Waals surface area (Å²) in [5.41, 5.74) is 2.85. The lowest BCUT2D eigenvalue weighted by molar-refractivity contribution is 0.0917. The van der Waals surface area contributed by atoms with Crippen LogP contribution in [0.4, 0.5) is 0 Å². The van der Waals surface area contributed by atoms with Crippen LogP contribution in [0.5, 0.6) is 0 Å². The summed E-state index contributed by atoms with van der Waals surface area (Å²) in [6.45, 7) is 2.09. The molecule has 4 heteroatoms. The molecule has 1 amide bonds. The van der Waals surface area contributed by atoms with E-state index in [4.69, 9.17) is 0 Å². The molecule has 1 aliphatic rings. The molecular formula is C18H21N3O. The minimum absolute atomic E-state index is 0.0206. The summed E-state index contributed by atoms with van der Waals surface area (Å²) in [6, 6.07) is 11.9. The number of aromatic nitrogens is 1. The van der Waals surface area contributed by atoms with E-state index in [1.807, 2.05) is 42.6 Å². The molecule has 1 aromatic carbocycles. The highest BCUT2D eigenvalue weighted by Crippen LogP contribution is 2.18. The summed E-state index contributed by atoms with van der Waals surface area (Å²) in [6.07, 6.45) is 5.63. The number of rotatable bonds is 3. The van der Waals surface area contributed by atoms with Gasteiger partial charge in [-0.1, -0.05) is 18.2 Å². The molecule has 1 aromatic heterocycles. The van der Waals surface area contributed by atoms with Crippen molar-refractivity contribution in [1.29, 1.82) is 0 Å². The number of nitrogens with one attached hydrogen (secondary N) is 1. The summed E-state index contributed by atoms with van der Waals surface area (Å²) >= 11 is 0. The number of benzene rings is 1. The molecule has 0 spiro atoms. The number of likely N-dealkylation sites (tertiary alicyclic amines) is 1. The molecule has 3 rings (SSSR count). The first-order valence-electron chi connectivity index (χ1n) is 7.72. The van der Waals surface area contributed by atoms with Crippen LogP contribution in [0, 0.1) is 0 Å². The van der Waals surface area contributed by atoms with E-state index in [-0.39, 0.29) is 5.91 Å². The Morgan fingerprint density at radius 3 is 2.50 bits per heavy atom. The first-order valence-corrected chi connectivity index (χ1v) is 7.72. The standard InChI is InChI=1S/C18H21N3O/c1-21-11-8-17(9-12-21)20-18(22)15-6-4-14(5-7-15)16-3-2-10-19-13-16/h2-7,10,13,17H,8-9,11-12H2,1H3,(H,20,22). The van der Waals surface area contributed by atoms with Gasteiger partial charge in [0.1, 0.15) is 0 Å². The lowest BCUT2D eigenvalue weighted by atomic mass is 10.0. The zero-order valence-electron chi connectivity index (χ0n) is 12.8. The molecule has 2 heterocycles. The van der Waals surface area contributed by atoms with Crippen LogP contribution in [0.15, 0.2) is 48.8 Å². The number of hydrogen-bond donors (Lipinski definition) is 1. The van der Waals surface area contributed by atoms with Gasteiger partial charge < -0.3 is 10.2 Å². The Bertz CT molecular complexity index is 617. The topological polar surface area (TPSA) is 45.2 Å². The summed E-state index contributed by atoms with van der Waals surface area (Å²) < 4.78 is 0. The largest absolute Gasteiger partial charge is 0.349 e. The average molecular weight is 295 g/mol. The predicted molar refractivity (Wildman–Crippen MR) is 87.7 cm³/mol. The molecule has 0 radical (unpaired) electrons. The average Bonchev–Trinajstić information content (AvgIpc) is 2.58. The normalized spacial score (nSPS) is 16.4. The summed E-state index contributed by atoms with van der Waals surface area (Å²) in [5, 5.41) is 3.14. The van der Waals surface area contributed by atoms with Crippen LogP contribution in [0.3, 0.4) is 0 Å². The van der Waals surface area contributed by atoms with Gasteiger partial charge in [0.05, 0.1) is 0 Å². The fourth-order valence-electron chi connectivity index (χ4n) is 2.77. The number of carbonyl (C=O) groups is 1. The van der Waals surface area contributed by atoms with Crippen molar-refractivity contribution in [2.45, 2.75) is 18.9 Å². The van der Waals surface area contributed by atoms with Gasteiger partial charge in [-0.25, -0.2) is 0 Å². The Labute approximate surface area is 131 Å². The molecule has 114 valence electrons. The van der Waals surface area contributed by atoms with Gasteiger partial charge in [-0.2, -0.15) is 0 Å². The molecule has 1 fully saturated rings. The molecule has 0 aliphatic carbocycles. The Morgan fingerprint density at radius 2 is 1.86 bits per heavy atom. The molecule has 0 saturated carbocycles. The molecule has 0 bridgehead atoms. The van der Waals surface area contributed by atoms with Gasteiger partial charge in [0.15, 0.2) is 0 Å². The number of pyridine rings is 1. The van der Waals surface area contributed by atoms with Gasteiger partial charge >= 0.3 is 0 Å². The van der Waals surface area contributed by atoms with E-state index in [0.717, 1.165) is 37.1 Å². The highest BCUT2D eigenvalue weighted by Gasteiger charge is 2.18. The smallest absolute Gasteiger partial charge is 0.251 e. The molecule has 0 atom stereocenters. The third kappa shape index (κ3) is 3.52. The molecule has 4 nitrogen and oxygen atoms in total. The first kappa shape index (κ1) is 14.7. The maximum atomic E-state index is 12.3. The fraction of sp³-hybridized carbons (Fsp3) is 0.333. The highest BCUT2D eigenvalue weighted by molar-refractivity contribution is 5.94. The molecule has 0 unspecified atom stereocenters. The third-order valence-electron chi connectivity index (χ3n) is 4.20. The maximum Gasteiger partial charge on any atom is 0.251 e. The monoisotopic (exact) mass is 295 g/mol. The minimum Gasteiger partial charge on any atom is -0.349 e. The van der Waals surface area contributed by atoms with Crippen molar-refractivity contribution in [3.63, 3.8) is 0 Å². The maximum absolute atomic E-state index is 12.3. The van der Waals surface area contributed by atoms with E-state index in [0.29, 0.717) is 11.6 Å². The summed E-state index contributed by atoms with van der Waals surface area (Å²) in [4.78, 5) is 18.7. The van der Waals surface area contributed by atoms with Gasteiger partial charge in [0, 0.05) is 24.0 Å². The number of piperidine rings is 1. The van der Waals surface area contributed by atoms with Crippen LogP contribution in [0.2, 0.25) is 0 Å². The second kappa shape index (κ2) is 6.71. The Hall–Kier alpha value is -2.20. The molecule has 1 saturated heterocycles. The van der Waals surface area contributed by atoms with Gasteiger partial charge in [-0.05, 0) is 62.3 Å². The van der Waals surface area contributed by atoms with E-state index in [1.54, 1.807) is 6.20 Å². The van der Waals surface area contributed by atoms with Crippen molar-refractivity contribution in [2.75, 3.05) is 20.1 Å². The van der Waals surface area contributed by atoms with Gasteiger partial charge in [0.25, 0.3) is 5.91 Å². The molecule has 1 aliphatic heterocycles. The Morgan fingerprint density at radius 1 is 1.14 bits per heavy atom. The van der Waals surface area contributed by atoms with Crippen molar-refractivity contribution >= 4 is 5.91 Å². The van der Waals surface area contributed by atoms with Crippen LogP contribution < -0.4 is 5.32 Å². The van der Waals surface area contributed by atoms with Crippen molar-refractivity contribution in [3.8, 4) is 11.1 Å². The van der Waals surface area contributed by atoms with Gasteiger partial charge in [0.2, 0.25) is 0 Å². The van der Waals surface area contributed by atoms with Gasteiger partial charge in [-0.3, -0.25) is 9.78 Å². The van der Waals surface area contributed by atoms with Crippen LogP contribution >= 0.6 is 0 Å². The quantitative estimate of drug-likeness (QED) is 0.946. The third-order valence-corrected chi connectivity index (χ3v) is 4.20. The van der Waals surface area contributed by atoms with Crippen molar-refractivity contribution in [2.24, 2.45) is 0 Å². The lowest BCUT2D eigenvalue weighted by Gasteiger charge is -2.29. The van der Waals surface area contributed by atoms with Crippen LogP contribution in [0.1, 0.15) is 23.2 Å². The van der Waals surface area contributed by atoms with Gasteiger partial charge in [-0.15, -0.1) is 0 Å². The Kier molecular flexibility index (Phi) is 4.49. The van der Waals surface area contributed by atoms with Crippen molar-refractivity contribution in [1.82, 2.24) is 15.2 Å². The fourth-order valence-corrected chi connectivity index (χ4v) is 2.77. The molecular weight excluding hydrogens is 274 g/mol. The summed E-state index contributed by atoms with van der Waals surface area (Å²) in [7, 11) is 2.12. The zero-order chi connectivity index (χ0) is 15.4.